The molecule has 0 unspecified atom stereocenters. The first-order chi connectivity index (χ1) is 12.6. The van der Waals surface area contributed by atoms with Gasteiger partial charge in [-0.1, -0.05) is 0 Å². The van der Waals surface area contributed by atoms with E-state index in [9.17, 15) is 0 Å². The van der Waals surface area contributed by atoms with Gasteiger partial charge in [0.25, 0.3) is 0 Å². The van der Waals surface area contributed by atoms with Crippen LogP contribution in [0.1, 0.15) is 29.0 Å². The van der Waals surface area contributed by atoms with Crippen LogP contribution in [0.2, 0.25) is 0 Å². The van der Waals surface area contributed by atoms with Gasteiger partial charge in [-0.05, 0) is 44.2 Å². The number of hydrogen-bond donors (Lipinski definition) is 1. The van der Waals surface area contributed by atoms with E-state index in [1.54, 1.807) is 7.11 Å². The Kier molecular flexibility index (Phi) is 4.61. The highest BCUT2D eigenvalue weighted by atomic mass is 16.5. The van der Waals surface area contributed by atoms with Crippen molar-refractivity contribution in [3.8, 4) is 5.75 Å². The van der Waals surface area contributed by atoms with Gasteiger partial charge in [0.15, 0.2) is 5.82 Å². The monoisotopic (exact) mass is 352 g/mol. The van der Waals surface area contributed by atoms with Gasteiger partial charge in [-0.3, -0.25) is 4.90 Å². The van der Waals surface area contributed by atoms with Gasteiger partial charge in [0, 0.05) is 47.6 Å². The van der Waals surface area contributed by atoms with Gasteiger partial charge < -0.3 is 14.5 Å². The second-order valence-electron chi connectivity index (χ2n) is 6.85. The molecule has 1 atom stereocenters. The number of benzene rings is 1. The largest absolute Gasteiger partial charge is 0.497 e. The van der Waals surface area contributed by atoms with Crippen LogP contribution in [-0.2, 0) is 11.3 Å². The van der Waals surface area contributed by atoms with Crippen LogP contribution in [0.3, 0.4) is 0 Å². The van der Waals surface area contributed by atoms with Crippen molar-refractivity contribution in [1.29, 1.82) is 0 Å². The fourth-order valence-corrected chi connectivity index (χ4v) is 3.52. The van der Waals surface area contributed by atoms with E-state index in [0.29, 0.717) is 6.61 Å². The normalized spacial score (nSPS) is 18.3. The molecule has 0 amide bonds. The molecule has 0 radical (unpaired) electrons. The van der Waals surface area contributed by atoms with Crippen LogP contribution in [0.25, 0.3) is 10.9 Å². The first-order valence-electron chi connectivity index (χ1n) is 8.92. The Labute approximate surface area is 153 Å². The molecule has 6 nitrogen and oxygen atoms in total. The number of morpholine rings is 1. The summed E-state index contributed by atoms with van der Waals surface area (Å²) in [5.74, 6) is 1.66. The number of nitrogens with zero attached hydrogens (tertiary/aromatic N) is 3. The number of H-pyrrole nitrogens is 1. The minimum absolute atomic E-state index is 0.0770. The van der Waals surface area contributed by atoms with E-state index in [4.69, 9.17) is 9.47 Å². The number of ether oxygens (including phenoxy) is 2. The fourth-order valence-electron chi connectivity index (χ4n) is 3.52. The summed E-state index contributed by atoms with van der Waals surface area (Å²) < 4.78 is 11.2. The molecule has 0 saturated carbocycles. The van der Waals surface area contributed by atoms with E-state index in [2.05, 4.69) is 38.1 Å². The lowest BCUT2D eigenvalue weighted by atomic mass is 10.2. The molecule has 26 heavy (non-hydrogen) atoms. The van der Waals surface area contributed by atoms with Crippen LogP contribution >= 0.6 is 0 Å². The average molecular weight is 352 g/mol. The van der Waals surface area contributed by atoms with Crippen LogP contribution < -0.4 is 4.74 Å². The first kappa shape index (κ1) is 17.0. The molecular formula is C20H24N4O2. The van der Waals surface area contributed by atoms with Gasteiger partial charge in [-0.2, -0.15) is 0 Å². The molecule has 1 fully saturated rings. The number of aromatic amines is 1. The van der Waals surface area contributed by atoms with Gasteiger partial charge in [0.05, 0.1) is 13.7 Å². The summed E-state index contributed by atoms with van der Waals surface area (Å²) in [6.07, 6.45) is -0.0770. The molecule has 0 aliphatic carbocycles. The molecular weight excluding hydrogens is 328 g/mol. The number of aryl methyl sites for hydroxylation is 2. The zero-order valence-corrected chi connectivity index (χ0v) is 15.5. The second kappa shape index (κ2) is 7.05. The van der Waals surface area contributed by atoms with Crippen LogP contribution in [0.5, 0.6) is 5.75 Å². The summed E-state index contributed by atoms with van der Waals surface area (Å²) in [5.41, 5.74) is 4.29. The van der Waals surface area contributed by atoms with Crippen molar-refractivity contribution in [2.45, 2.75) is 26.5 Å². The lowest BCUT2D eigenvalue weighted by molar-refractivity contribution is -0.0376. The molecule has 6 heteroatoms. The van der Waals surface area contributed by atoms with E-state index in [1.165, 1.54) is 11.1 Å². The standard InChI is InChI=1S/C20H24N4O2/c1-13-8-14(2)22-20(21-13)19-12-24(6-7-26-19)11-16-9-15-10-17(25-3)4-5-18(15)23-16/h4-5,8-10,19,23H,6-7,11-12H2,1-3H3/t19-/m0/s1. The maximum absolute atomic E-state index is 5.94. The Morgan fingerprint density at radius 1 is 1.19 bits per heavy atom. The lowest BCUT2D eigenvalue weighted by Gasteiger charge is -2.32. The Morgan fingerprint density at radius 2 is 2.00 bits per heavy atom. The highest BCUT2D eigenvalue weighted by Crippen LogP contribution is 2.24. The van der Waals surface area contributed by atoms with Crippen molar-refractivity contribution in [3.05, 3.63) is 53.2 Å². The molecule has 1 aliphatic rings. The average Bonchev–Trinajstić information content (AvgIpc) is 3.02. The summed E-state index contributed by atoms with van der Waals surface area (Å²) in [4.78, 5) is 15.0. The van der Waals surface area contributed by atoms with Gasteiger partial charge in [-0.25, -0.2) is 9.97 Å². The number of hydrogen-bond acceptors (Lipinski definition) is 5. The van der Waals surface area contributed by atoms with Gasteiger partial charge in [0.1, 0.15) is 11.9 Å². The summed E-state index contributed by atoms with van der Waals surface area (Å²) in [6, 6.07) is 10.3. The molecule has 4 rings (SSSR count). The molecule has 2 aromatic heterocycles. The number of fused-ring (bicyclic) bond motifs is 1. The minimum Gasteiger partial charge on any atom is -0.497 e. The summed E-state index contributed by atoms with van der Waals surface area (Å²) in [7, 11) is 1.69. The van der Waals surface area contributed by atoms with Gasteiger partial charge in [0.2, 0.25) is 0 Å². The number of rotatable bonds is 4. The third kappa shape index (κ3) is 3.57. The smallest absolute Gasteiger partial charge is 0.158 e. The molecule has 1 saturated heterocycles. The molecule has 1 aliphatic heterocycles. The Morgan fingerprint density at radius 3 is 2.77 bits per heavy atom. The third-order valence-corrected chi connectivity index (χ3v) is 4.72. The van der Waals surface area contributed by atoms with Crippen molar-refractivity contribution in [1.82, 2.24) is 19.9 Å². The zero-order chi connectivity index (χ0) is 18.1. The third-order valence-electron chi connectivity index (χ3n) is 4.72. The van der Waals surface area contributed by atoms with E-state index in [0.717, 1.165) is 48.1 Å². The van der Waals surface area contributed by atoms with Crippen molar-refractivity contribution in [2.75, 3.05) is 26.8 Å². The van der Waals surface area contributed by atoms with Crippen LogP contribution in [0.4, 0.5) is 0 Å². The highest BCUT2D eigenvalue weighted by molar-refractivity contribution is 5.81. The van der Waals surface area contributed by atoms with E-state index >= 15 is 0 Å². The summed E-state index contributed by atoms with van der Waals surface area (Å²) in [6.45, 7) is 7.23. The Bertz CT molecular complexity index is 901. The van der Waals surface area contributed by atoms with Crippen molar-refractivity contribution >= 4 is 10.9 Å². The van der Waals surface area contributed by atoms with Crippen LogP contribution in [-0.4, -0.2) is 46.7 Å². The molecule has 0 spiro atoms. The molecule has 3 aromatic rings. The Balaban J connectivity index is 1.49. The van der Waals surface area contributed by atoms with Gasteiger partial charge in [-0.15, -0.1) is 0 Å². The molecule has 3 heterocycles. The molecule has 136 valence electrons. The lowest BCUT2D eigenvalue weighted by Crippen LogP contribution is -2.38. The molecule has 1 N–H and O–H groups in total. The quantitative estimate of drug-likeness (QED) is 0.781. The fraction of sp³-hybridized carbons (Fsp3) is 0.400. The van der Waals surface area contributed by atoms with E-state index in [1.807, 2.05) is 26.0 Å². The minimum atomic E-state index is -0.0770. The Hall–Kier alpha value is -2.44. The zero-order valence-electron chi connectivity index (χ0n) is 15.5. The van der Waals surface area contributed by atoms with Crippen molar-refractivity contribution in [3.63, 3.8) is 0 Å². The van der Waals surface area contributed by atoms with E-state index in [-0.39, 0.29) is 6.10 Å². The first-order valence-corrected chi connectivity index (χ1v) is 8.92. The predicted molar refractivity (Wildman–Crippen MR) is 100 cm³/mol. The number of methoxy groups -OCH3 is 1. The van der Waals surface area contributed by atoms with Crippen molar-refractivity contribution < 1.29 is 9.47 Å². The summed E-state index contributed by atoms with van der Waals surface area (Å²) >= 11 is 0. The van der Waals surface area contributed by atoms with Gasteiger partial charge >= 0.3 is 0 Å². The topological polar surface area (TPSA) is 63.3 Å². The predicted octanol–water partition coefficient (Wildman–Crippen LogP) is 3.16. The second-order valence-corrected chi connectivity index (χ2v) is 6.85. The maximum atomic E-state index is 5.94. The number of nitrogens with one attached hydrogen (secondary N) is 1. The van der Waals surface area contributed by atoms with E-state index < -0.39 is 0 Å². The van der Waals surface area contributed by atoms with Crippen LogP contribution in [0, 0.1) is 13.8 Å². The molecule has 0 bridgehead atoms. The van der Waals surface area contributed by atoms with Crippen LogP contribution in [0.15, 0.2) is 30.3 Å². The summed E-state index contributed by atoms with van der Waals surface area (Å²) in [5, 5.41) is 1.17. The van der Waals surface area contributed by atoms with Crippen molar-refractivity contribution in [2.24, 2.45) is 0 Å². The molecule has 1 aromatic carbocycles. The SMILES string of the molecule is COc1ccc2[nH]c(CN3CCO[C@H](c4nc(C)cc(C)n4)C3)cc2c1. The highest BCUT2D eigenvalue weighted by Gasteiger charge is 2.25. The maximum Gasteiger partial charge on any atom is 0.158 e. The number of aromatic nitrogens is 3.